The summed E-state index contributed by atoms with van der Waals surface area (Å²) in [4.78, 5) is 23.1. The van der Waals surface area contributed by atoms with Crippen molar-refractivity contribution in [3.05, 3.63) is 12.7 Å². The quantitative estimate of drug-likeness (QED) is 0.688. The molecule has 0 aromatic rings. The van der Waals surface area contributed by atoms with Crippen molar-refractivity contribution in [1.82, 2.24) is 5.32 Å². The Morgan fingerprint density at radius 2 is 2.00 bits per heavy atom. The number of primary amides is 1. The van der Waals surface area contributed by atoms with Crippen molar-refractivity contribution >= 4 is 11.8 Å². The number of hydrogen-bond donors (Lipinski definition) is 2. The zero-order valence-corrected chi connectivity index (χ0v) is 10.3. The number of rotatable bonds is 6. The van der Waals surface area contributed by atoms with E-state index in [1.807, 2.05) is 0 Å². The van der Waals surface area contributed by atoms with Gasteiger partial charge in [0.2, 0.25) is 11.8 Å². The van der Waals surface area contributed by atoms with E-state index in [0.29, 0.717) is 12.8 Å². The number of hydrogen-bond acceptors (Lipinski definition) is 2. The van der Waals surface area contributed by atoms with Crippen molar-refractivity contribution in [2.75, 3.05) is 0 Å². The van der Waals surface area contributed by atoms with Gasteiger partial charge in [0.05, 0.1) is 0 Å². The first-order valence-electron chi connectivity index (χ1n) is 6.35. The molecule has 1 aliphatic rings. The number of carbonyl (C=O) groups is 2. The molecule has 0 saturated heterocycles. The van der Waals surface area contributed by atoms with Gasteiger partial charge in [-0.1, -0.05) is 25.3 Å². The first kappa shape index (κ1) is 13.7. The third-order valence-electron chi connectivity index (χ3n) is 3.30. The minimum atomic E-state index is -0.553. The molecule has 0 aliphatic heterocycles. The standard InChI is InChI=1S/C13H22N2O2/c1-2-3-9-11(12(14)16)15-13(17)10-7-5-4-6-8-10/h2,10-11H,1,3-9H2,(H2,14,16)(H,15,17)/t11-/m0/s1. The van der Waals surface area contributed by atoms with Crippen molar-refractivity contribution in [3.8, 4) is 0 Å². The summed E-state index contributed by atoms with van der Waals surface area (Å²) in [5.74, 6) is -0.414. The first-order valence-corrected chi connectivity index (χ1v) is 6.35. The minimum absolute atomic E-state index is 0.0161. The Bertz CT molecular complexity index is 283. The van der Waals surface area contributed by atoms with Crippen LogP contribution < -0.4 is 11.1 Å². The van der Waals surface area contributed by atoms with E-state index in [-0.39, 0.29) is 11.8 Å². The zero-order chi connectivity index (χ0) is 12.7. The lowest BCUT2D eigenvalue weighted by Gasteiger charge is -2.23. The van der Waals surface area contributed by atoms with E-state index >= 15 is 0 Å². The number of nitrogens with one attached hydrogen (secondary N) is 1. The van der Waals surface area contributed by atoms with Crippen LogP contribution in [0, 0.1) is 5.92 Å². The molecule has 1 fully saturated rings. The van der Waals surface area contributed by atoms with Crippen LogP contribution in [0.4, 0.5) is 0 Å². The van der Waals surface area contributed by atoms with Gasteiger partial charge < -0.3 is 11.1 Å². The van der Waals surface area contributed by atoms with Gasteiger partial charge in [0, 0.05) is 5.92 Å². The highest BCUT2D eigenvalue weighted by molar-refractivity contribution is 5.87. The molecule has 2 amide bonds. The van der Waals surface area contributed by atoms with Crippen molar-refractivity contribution in [3.63, 3.8) is 0 Å². The topological polar surface area (TPSA) is 72.2 Å². The molecule has 1 rings (SSSR count). The second-order valence-corrected chi connectivity index (χ2v) is 4.66. The van der Waals surface area contributed by atoms with E-state index in [1.165, 1.54) is 6.42 Å². The fourth-order valence-corrected chi connectivity index (χ4v) is 2.22. The van der Waals surface area contributed by atoms with E-state index in [4.69, 9.17) is 5.73 Å². The second kappa shape index (κ2) is 7.09. The molecule has 17 heavy (non-hydrogen) atoms. The number of allylic oxidation sites excluding steroid dienone is 1. The molecule has 96 valence electrons. The molecule has 1 saturated carbocycles. The number of nitrogens with two attached hydrogens (primary N) is 1. The minimum Gasteiger partial charge on any atom is -0.368 e. The molecule has 0 radical (unpaired) electrons. The van der Waals surface area contributed by atoms with Crippen LogP contribution >= 0.6 is 0 Å². The number of amides is 2. The van der Waals surface area contributed by atoms with Gasteiger partial charge in [-0.15, -0.1) is 6.58 Å². The lowest BCUT2D eigenvalue weighted by Crippen LogP contribution is -2.46. The summed E-state index contributed by atoms with van der Waals surface area (Å²) in [7, 11) is 0. The molecular formula is C13H22N2O2. The Balaban J connectivity index is 2.44. The predicted molar refractivity (Wildman–Crippen MR) is 67.1 cm³/mol. The molecule has 3 N–H and O–H groups in total. The second-order valence-electron chi connectivity index (χ2n) is 4.66. The van der Waals surface area contributed by atoms with Gasteiger partial charge in [-0.05, 0) is 25.7 Å². The van der Waals surface area contributed by atoms with Crippen LogP contribution in [-0.2, 0) is 9.59 Å². The predicted octanol–water partition coefficient (Wildman–Crippen LogP) is 1.50. The summed E-state index contributed by atoms with van der Waals surface area (Å²) in [6.07, 6.45) is 8.22. The molecular weight excluding hydrogens is 216 g/mol. The summed E-state index contributed by atoms with van der Waals surface area (Å²) in [5, 5.41) is 2.76. The Morgan fingerprint density at radius 3 is 2.53 bits per heavy atom. The highest BCUT2D eigenvalue weighted by Crippen LogP contribution is 2.23. The van der Waals surface area contributed by atoms with Crippen molar-refractivity contribution in [1.29, 1.82) is 0 Å². The average Bonchev–Trinajstić information content (AvgIpc) is 2.35. The molecule has 0 aromatic carbocycles. The van der Waals surface area contributed by atoms with E-state index in [0.717, 1.165) is 25.7 Å². The van der Waals surface area contributed by atoms with E-state index in [9.17, 15) is 9.59 Å². The first-order chi connectivity index (χ1) is 8.15. The largest absolute Gasteiger partial charge is 0.368 e. The van der Waals surface area contributed by atoms with Crippen LogP contribution in [-0.4, -0.2) is 17.9 Å². The molecule has 0 unspecified atom stereocenters. The van der Waals surface area contributed by atoms with Gasteiger partial charge in [0.1, 0.15) is 6.04 Å². The van der Waals surface area contributed by atoms with Crippen LogP contribution in [0.5, 0.6) is 0 Å². The van der Waals surface area contributed by atoms with Gasteiger partial charge in [-0.2, -0.15) is 0 Å². The monoisotopic (exact) mass is 238 g/mol. The van der Waals surface area contributed by atoms with Gasteiger partial charge >= 0.3 is 0 Å². The van der Waals surface area contributed by atoms with Crippen LogP contribution in [0.15, 0.2) is 12.7 Å². The normalized spacial score (nSPS) is 18.4. The highest BCUT2D eigenvalue weighted by Gasteiger charge is 2.24. The third kappa shape index (κ3) is 4.59. The third-order valence-corrected chi connectivity index (χ3v) is 3.30. The lowest BCUT2D eigenvalue weighted by molar-refractivity contribution is -0.130. The van der Waals surface area contributed by atoms with Crippen LogP contribution in [0.1, 0.15) is 44.9 Å². The molecule has 1 aliphatic carbocycles. The summed E-state index contributed by atoms with van der Waals surface area (Å²) in [6.45, 7) is 3.60. The van der Waals surface area contributed by atoms with Crippen LogP contribution in [0.25, 0.3) is 0 Å². The smallest absolute Gasteiger partial charge is 0.240 e. The molecule has 0 bridgehead atoms. The van der Waals surface area contributed by atoms with Crippen molar-refractivity contribution in [2.45, 2.75) is 51.0 Å². The van der Waals surface area contributed by atoms with E-state index in [2.05, 4.69) is 11.9 Å². The van der Waals surface area contributed by atoms with Gasteiger partial charge in [0.15, 0.2) is 0 Å². The molecule has 1 atom stereocenters. The SMILES string of the molecule is C=CCC[C@H](NC(=O)C1CCCCC1)C(N)=O. The van der Waals surface area contributed by atoms with E-state index in [1.54, 1.807) is 6.08 Å². The Morgan fingerprint density at radius 1 is 1.35 bits per heavy atom. The number of carbonyl (C=O) groups excluding carboxylic acids is 2. The molecule has 0 spiro atoms. The van der Waals surface area contributed by atoms with Gasteiger partial charge in [-0.25, -0.2) is 0 Å². The van der Waals surface area contributed by atoms with Crippen LogP contribution in [0.3, 0.4) is 0 Å². The average molecular weight is 238 g/mol. The molecule has 0 heterocycles. The fraction of sp³-hybridized carbons (Fsp3) is 0.692. The van der Waals surface area contributed by atoms with Crippen molar-refractivity contribution in [2.24, 2.45) is 11.7 Å². The van der Waals surface area contributed by atoms with Crippen molar-refractivity contribution < 1.29 is 9.59 Å². The van der Waals surface area contributed by atoms with Crippen LogP contribution in [0.2, 0.25) is 0 Å². The summed E-state index contributed by atoms with van der Waals surface area (Å²) in [6, 6.07) is -0.553. The van der Waals surface area contributed by atoms with Gasteiger partial charge in [0.25, 0.3) is 0 Å². The highest BCUT2D eigenvalue weighted by atomic mass is 16.2. The maximum Gasteiger partial charge on any atom is 0.240 e. The van der Waals surface area contributed by atoms with E-state index < -0.39 is 11.9 Å². The zero-order valence-electron chi connectivity index (χ0n) is 10.3. The maximum atomic E-state index is 11.9. The molecule has 4 heteroatoms. The Labute approximate surface area is 103 Å². The maximum absolute atomic E-state index is 11.9. The Hall–Kier alpha value is -1.32. The summed E-state index contributed by atoms with van der Waals surface area (Å²) >= 11 is 0. The Kier molecular flexibility index (Phi) is 5.73. The van der Waals surface area contributed by atoms with Gasteiger partial charge in [-0.3, -0.25) is 9.59 Å². The molecule has 4 nitrogen and oxygen atoms in total. The lowest BCUT2D eigenvalue weighted by atomic mass is 9.88. The summed E-state index contributed by atoms with van der Waals surface area (Å²) in [5.41, 5.74) is 5.27. The molecule has 0 aromatic heterocycles. The summed E-state index contributed by atoms with van der Waals surface area (Å²) < 4.78 is 0. The fourth-order valence-electron chi connectivity index (χ4n) is 2.22.